The zero-order chi connectivity index (χ0) is 19.1. The molecule has 0 bridgehead atoms. The number of likely N-dealkylation sites (N-methyl/N-ethyl adjacent to an activating group) is 1. The minimum atomic E-state index is -0.698. The summed E-state index contributed by atoms with van der Waals surface area (Å²) < 4.78 is 0. The van der Waals surface area contributed by atoms with Gasteiger partial charge in [-0.15, -0.1) is 0 Å². The lowest BCUT2D eigenvalue weighted by Crippen LogP contribution is -2.65. The van der Waals surface area contributed by atoms with Gasteiger partial charge in [0.15, 0.2) is 0 Å². The zero-order valence-corrected chi connectivity index (χ0v) is 16.2. The second kappa shape index (κ2) is 7.66. The van der Waals surface area contributed by atoms with Crippen molar-refractivity contribution in [2.45, 2.75) is 49.9 Å². The normalized spacial score (nSPS) is 35.1. The van der Waals surface area contributed by atoms with Crippen LogP contribution in [0, 0.1) is 5.92 Å². The molecule has 0 aromatic carbocycles. The van der Waals surface area contributed by atoms with Crippen molar-refractivity contribution in [2.75, 3.05) is 52.9 Å². The molecule has 8 nitrogen and oxygen atoms in total. The second-order valence-corrected chi connectivity index (χ2v) is 8.90. The Morgan fingerprint density at radius 3 is 2.22 bits per heavy atom. The van der Waals surface area contributed by atoms with Gasteiger partial charge in [-0.1, -0.05) is 6.42 Å². The molecule has 152 valence electrons. The summed E-state index contributed by atoms with van der Waals surface area (Å²) in [6.45, 7) is 6.25. The summed E-state index contributed by atoms with van der Waals surface area (Å²) in [5.41, 5.74) is 0. The Bertz CT molecular complexity index is 576. The van der Waals surface area contributed by atoms with Crippen LogP contribution in [0.25, 0.3) is 0 Å². The monoisotopic (exact) mass is 380 g/mol. The molecule has 4 saturated heterocycles. The molecule has 4 fully saturated rings. The Morgan fingerprint density at radius 2 is 1.59 bits per heavy atom. The molecule has 0 spiro atoms. The molecular weight excluding hydrogens is 348 g/mol. The molecule has 4 heterocycles. The molecule has 0 aromatic rings. The third-order valence-electron chi connectivity index (χ3n) is 7.06. The molecule has 0 radical (unpaired) electrons. The molecular formula is C19H32N4O4. The smallest absolute Gasteiger partial charge is 0.321 e. The predicted molar refractivity (Wildman–Crippen MR) is 99.7 cm³/mol. The van der Waals surface area contributed by atoms with E-state index in [0.717, 1.165) is 71.5 Å². The van der Waals surface area contributed by atoms with Crippen molar-refractivity contribution in [1.29, 1.82) is 0 Å². The minimum Gasteiger partial charge on any atom is -0.480 e. The number of aliphatic carboxylic acids is 2. The van der Waals surface area contributed by atoms with E-state index >= 15 is 0 Å². The average molecular weight is 380 g/mol. The minimum absolute atomic E-state index is 0.172. The maximum Gasteiger partial charge on any atom is 0.321 e. The standard InChI is InChI=1S/C19H32N4O4/c1-20-9-14(10-20)23-7-5-13(17(23)19(26)27)8-21-11-15(12-21)22-6-3-2-4-16(22)18(24)25/h13-17H,2-12H2,1H3,(H,24,25)(H,26,27). The molecule has 4 rings (SSSR count). The van der Waals surface area contributed by atoms with Gasteiger partial charge >= 0.3 is 11.9 Å². The number of carbonyl (C=O) groups is 2. The van der Waals surface area contributed by atoms with Crippen LogP contribution in [0.2, 0.25) is 0 Å². The highest BCUT2D eigenvalue weighted by molar-refractivity contribution is 5.74. The van der Waals surface area contributed by atoms with E-state index in [9.17, 15) is 19.8 Å². The van der Waals surface area contributed by atoms with Crippen molar-refractivity contribution in [2.24, 2.45) is 5.92 Å². The van der Waals surface area contributed by atoms with Gasteiger partial charge in [-0.2, -0.15) is 0 Å². The van der Waals surface area contributed by atoms with E-state index in [4.69, 9.17) is 0 Å². The van der Waals surface area contributed by atoms with Crippen LogP contribution in [-0.2, 0) is 9.59 Å². The SMILES string of the molecule is CN1CC(N2CCC(CN3CC(N4CCCCC4C(=O)O)C3)C2C(=O)O)C1. The number of carboxylic acid groups (broad SMARTS) is 2. The maximum atomic E-state index is 11.9. The quantitative estimate of drug-likeness (QED) is 0.649. The fourth-order valence-corrected chi connectivity index (χ4v) is 5.59. The van der Waals surface area contributed by atoms with E-state index in [1.807, 2.05) is 0 Å². The van der Waals surface area contributed by atoms with Gasteiger partial charge in [-0.25, -0.2) is 0 Å². The fourth-order valence-electron chi connectivity index (χ4n) is 5.59. The van der Waals surface area contributed by atoms with Crippen molar-refractivity contribution in [3.8, 4) is 0 Å². The Balaban J connectivity index is 1.30. The third-order valence-corrected chi connectivity index (χ3v) is 7.06. The first-order valence-electron chi connectivity index (χ1n) is 10.3. The van der Waals surface area contributed by atoms with Gasteiger partial charge in [0, 0.05) is 44.8 Å². The van der Waals surface area contributed by atoms with Crippen LogP contribution in [0.4, 0.5) is 0 Å². The molecule has 0 aliphatic carbocycles. The molecule has 0 amide bonds. The number of nitrogens with zero attached hydrogens (tertiary/aromatic N) is 4. The number of likely N-dealkylation sites (tertiary alicyclic amines) is 4. The summed E-state index contributed by atoms with van der Waals surface area (Å²) in [6, 6.07) is -0.0119. The summed E-state index contributed by atoms with van der Waals surface area (Å²) >= 11 is 0. The van der Waals surface area contributed by atoms with Gasteiger partial charge in [0.25, 0.3) is 0 Å². The maximum absolute atomic E-state index is 11.9. The Kier molecular flexibility index (Phi) is 5.42. The van der Waals surface area contributed by atoms with Crippen molar-refractivity contribution < 1.29 is 19.8 Å². The molecule has 4 aliphatic heterocycles. The lowest BCUT2D eigenvalue weighted by Gasteiger charge is -2.50. The number of piperidine rings is 1. The average Bonchev–Trinajstić information content (AvgIpc) is 2.98. The lowest BCUT2D eigenvalue weighted by atomic mass is 9.93. The summed E-state index contributed by atoms with van der Waals surface area (Å²) in [4.78, 5) is 32.4. The Labute approximate surface area is 160 Å². The highest BCUT2D eigenvalue weighted by Crippen LogP contribution is 2.32. The molecule has 0 aromatic heterocycles. The van der Waals surface area contributed by atoms with Crippen LogP contribution in [0.5, 0.6) is 0 Å². The fraction of sp³-hybridized carbons (Fsp3) is 0.895. The number of carboxylic acids is 2. The molecule has 3 unspecified atom stereocenters. The van der Waals surface area contributed by atoms with Crippen molar-refractivity contribution in [3.63, 3.8) is 0 Å². The Morgan fingerprint density at radius 1 is 0.889 bits per heavy atom. The van der Waals surface area contributed by atoms with Crippen LogP contribution in [-0.4, -0.2) is 119 Å². The highest BCUT2D eigenvalue weighted by atomic mass is 16.4. The largest absolute Gasteiger partial charge is 0.480 e. The van der Waals surface area contributed by atoms with E-state index in [2.05, 4.69) is 26.6 Å². The summed E-state index contributed by atoms with van der Waals surface area (Å²) in [6.07, 6.45) is 3.77. The number of rotatable bonds is 6. The van der Waals surface area contributed by atoms with E-state index < -0.39 is 11.9 Å². The second-order valence-electron chi connectivity index (χ2n) is 8.90. The lowest BCUT2D eigenvalue weighted by molar-refractivity contribution is -0.149. The molecule has 3 atom stereocenters. The van der Waals surface area contributed by atoms with Gasteiger partial charge in [0.2, 0.25) is 0 Å². The molecule has 8 heteroatoms. The van der Waals surface area contributed by atoms with Gasteiger partial charge in [-0.05, 0) is 45.3 Å². The van der Waals surface area contributed by atoms with Crippen LogP contribution < -0.4 is 0 Å². The molecule has 4 aliphatic rings. The molecule has 27 heavy (non-hydrogen) atoms. The number of hydrogen-bond acceptors (Lipinski definition) is 6. The predicted octanol–water partition coefficient (Wildman–Crippen LogP) is -0.301. The van der Waals surface area contributed by atoms with Crippen LogP contribution in [0.15, 0.2) is 0 Å². The van der Waals surface area contributed by atoms with Gasteiger partial charge < -0.3 is 15.1 Å². The van der Waals surface area contributed by atoms with E-state index in [0.29, 0.717) is 12.1 Å². The first-order chi connectivity index (χ1) is 12.9. The van der Waals surface area contributed by atoms with Crippen molar-refractivity contribution in [1.82, 2.24) is 19.6 Å². The first kappa shape index (κ1) is 19.1. The van der Waals surface area contributed by atoms with E-state index in [1.54, 1.807) is 0 Å². The Hall–Kier alpha value is -1.22. The van der Waals surface area contributed by atoms with Gasteiger partial charge in [0.05, 0.1) is 0 Å². The first-order valence-corrected chi connectivity index (χ1v) is 10.3. The third kappa shape index (κ3) is 3.72. The summed E-state index contributed by atoms with van der Waals surface area (Å²) in [5, 5.41) is 19.3. The van der Waals surface area contributed by atoms with E-state index in [1.165, 1.54) is 0 Å². The molecule has 2 N–H and O–H groups in total. The van der Waals surface area contributed by atoms with Crippen LogP contribution in [0.1, 0.15) is 25.7 Å². The van der Waals surface area contributed by atoms with Gasteiger partial charge in [0.1, 0.15) is 12.1 Å². The van der Waals surface area contributed by atoms with E-state index in [-0.39, 0.29) is 18.0 Å². The van der Waals surface area contributed by atoms with Crippen molar-refractivity contribution in [3.05, 3.63) is 0 Å². The van der Waals surface area contributed by atoms with Crippen LogP contribution in [0.3, 0.4) is 0 Å². The summed E-state index contributed by atoms with van der Waals surface area (Å²) in [5.74, 6) is -1.21. The zero-order valence-electron chi connectivity index (χ0n) is 16.2. The van der Waals surface area contributed by atoms with Crippen LogP contribution >= 0.6 is 0 Å². The van der Waals surface area contributed by atoms with Gasteiger partial charge in [-0.3, -0.25) is 24.3 Å². The molecule has 0 saturated carbocycles. The highest BCUT2D eigenvalue weighted by Gasteiger charge is 2.47. The summed E-state index contributed by atoms with van der Waals surface area (Å²) in [7, 11) is 2.07. The number of hydrogen-bond donors (Lipinski definition) is 2. The topological polar surface area (TPSA) is 87.6 Å². The van der Waals surface area contributed by atoms with Crippen molar-refractivity contribution >= 4 is 11.9 Å².